The van der Waals surface area contributed by atoms with E-state index in [1.807, 2.05) is 30.3 Å². The molecule has 0 spiro atoms. The molecule has 0 aliphatic carbocycles. The Morgan fingerprint density at radius 1 is 0.938 bits per heavy atom. The van der Waals surface area contributed by atoms with Crippen LogP contribution in [-0.4, -0.2) is 5.11 Å². The lowest BCUT2D eigenvalue weighted by Gasteiger charge is -2.11. The SMILES string of the molecule is [CH2]C(Cc1ccccc1)c1ccc(O)cc1. The molecule has 0 bridgehead atoms. The molecular weight excluding hydrogens is 196 g/mol. The van der Waals surface area contributed by atoms with E-state index in [2.05, 4.69) is 19.1 Å². The van der Waals surface area contributed by atoms with Crippen molar-refractivity contribution in [2.75, 3.05) is 0 Å². The van der Waals surface area contributed by atoms with Gasteiger partial charge in [0.25, 0.3) is 0 Å². The molecule has 1 radical (unpaired) electrons. The quantitative estimate of drug-likeness (QED) is 0.823. The largest absolute Gasteiger partial charge is 0.508 e. The molecule has 1 heteroatoms. The molecule has 0 aliphatic rings. The van der Waals surface area contributed by atoms with Gasteiger partial charge in [-0.25, -0.2) is 0 Å². The summed E-state index contributed by atoms with van der Waals surface area (Å²) in [6, 6.07) is 17.6. The van der Waals surface area contributed by atoms with Gasteiger partial charge in [-0.3, -0.25) is 0 Å². The van der Waals surface area contributed by atoms with Gasteiger partial charge in [0, 0.05) is 0 Å². The van der Waals surface area contributed by atoms with Crippen molar-refractivity contribution in [3.8, 4) is 5.75 Å². The summed E-state index contributed by atoms with van der Waals surface area (Å²) < 4.78 is 0. The third-order valence-corrected chi connectivity index (χ3v) is 2.69. The van der Waals surface area contributed by atoms with Crippen molar-refractivity contribution in [3.05, 3.63) is 72.6 Å². The van der Waals surface area contributed by atoms with Crippen LogP contribution in [0.4, 0.5) is 0 Å². The van der Waals surface area contributed by atoms with Crippen LogP contribution in [-0.2, 0) is 6.42 Å². The molecule has 0 fully saturated rings. The summed E-state index contributed by atoms with van der Waals surface area (Å²) in [4.78, 5) is 0. The normalized spacial score (nSPS) is 12.3. The Balaban J connectivity index is 2.09. The molecule has 0 saturated heterocycles. The van der Waals surface area contributed by atoms with E-state index in [-0.39, 0.29) is 5.92 Å². The van der Waals surface area contributed by atoms with Crippen LogP contribution in [0.1, 0.15) is 17.0 Å². The maximum absolute atomic E-state index is 9.21. The first-order chi connectivity index (χ1) is 7.75. The van der Waals surface area contributed by atoms with Gasteiger partial charge in [0.2, 0.25) is 0 Å². The Morgan fingerprint density at radius 3 is 2.19 bits per heavy atom. The first kappa shape index (κ1) is 10.7. The molecule has 16 heavy (non-hydrogen) atoms. The minimum atomic E-state index is 0.225. The van der Waals surface area contributed by atoms with Gasteiger partial charge in [0.1, 0.15) is 5.75 Å². The van der Waals surface area contributed by atoms with E-state index < -0.39 is 0 Å². The Labute approximate surface area is 96.4 Å². The number of phenols is 1. The van der Waals surface area contributed by atoms with Gasteiger partial charge in [0.15, 0.2) is 0 Å². The summed E-state index contributed by atoms with van der Waals surface area (Å²) in [5, 5.41) is 9.21. The highest BCUT2D eigenvalue weighted by Crippen LogP contribution is 2.21. The van der Waals surface area contributed by atoms with Crippen molar-refractivity contribution in [2.24, 2.45) is 0 Å². The molecular formula is C15H15O. The standard InChI is InChI=1S/C15H15O/c1-12(11-13-5-3-2-4-6-13)14-7-9-15(16)10-8-14/h2-10,12,16H,1,11H2. The highest BCUT2D eigenvalue weighted by molar-refractivity contribution is 5.30. The van der Waals surface area contributed by atoms with E-state index in [0.717, 1.165) is 12.0 Å². The summed E-state index contributed by atoms with van der Waals surface area (Å²) in [5.74, 6) is 0.527. The molecule has 2 rings (SSSR count). The van der Waals surface area contributed by atoms with Crippen molar-refractivity contribution in [3.63, 3.8) is 0 Å². The zero-order chi connectivity index (χ0) is 11.4. The van der Waals surface area contributed by atoms with E-state index in [0.29, 0.717) is 5.75 Å². The third kappa shape index (κ3) is 2.63. The summed E-state index contributed by atoms with van der Waals surface area (Å²) >= 11 is 0. The van der Waals surface area contributed by atoms with E-state index in [1.165, 1.54) is 5.56 Å². The molecule has 1 unspecified atom stereocenters. The second kappa shape index (κ2) is 4.84. The van der Waals surface area contributed by atoms with Gasteiger partial charge in [0.05, 0.1) is 0 Å². The van der Waals surface area contributed by atoms with Gasteiger partial charge in [-0.15, -0.1) is 0 Å². The van der Waals surface area contributed by atoms with E-state index in [1.54, 1.807) is 12.1 Å². The zero-order valence-corrected chi connectivity index (χ0v) is 9.13. The lowest BCUT2D eigenvalue weighted by molar-refractivity contribution is 0.475. The molecule has 81 valence electrons. The second-order valence-corrected chi connectivity index (χ2v) is 3.98. The number of hydrogen-bond acceptors (Lipinski definition) is 1. The smallest absolute Gasteiger partial charge is 0.115 e. The van der Waals surface area contributed by atoms with Gasteiger partial charge in [-0.2, -0.15) is 0 Å². The van der Waals surface area contributed by atoms with Crippen LogP contribution in [0.5, 0.6) is 5.75 Å². The van der Waals surface area contributed by atoms with Crippen molar-refractivity contribution in [1.82, 2.24) is 0 Å². The summed E-state index contributed by atoms with van der Waals surface area (Å²) in [6.45, 7) is 4.15. The van der Waals surface area contributed by atoms with Crippen LogP contribution >= 0.6 is 0 Å². The molecule has 0 saturated carbocycles. The van der Waals surface area contributed by atoms with Crippen LogP contribution in [0.15, 0.2) is 54.6 Å². The van der Waals surface area contributed by atoms with Gasteiger partial charge in [-0.05, 0) is 42.5 Å². The first-order valence-corrected chi connectivity index (χ1v) is 5.41. The highest BCUT2D eigenvalue weighted by atomic mass is 16.3. The molecule has 0 aromatic heterocycles. The fourth-order valence-electron chi connectivity index (χ4n) is 1.76. The molecule has 1 nitrogen and oxygen atoms in total. The van der Waals surface area contributed by atoms with Crippen molar-refractivity contribution < 1.29 is 5.11 Å². The van der Waals surface area contributed by atoms with Crippen LogP contribution in [0.25, 0.3) is 0 Å². The van der Waals surface area contributed by atoms with Gasteiger partial charge in [-0.1, -0.05) is 42.5 Å². The number of aromatic hydroxyl groups is 1. The van der Waals surface area contributed by atoms with E-state index >= 15 is 0 Å². The number of phenolic OH excluding ortho intramolecular Hbond substituents is 1. The lowest BCUT2D eigenvalue weighted by Crippen LogP contribution is -1.98. The maximum Gasteiger partial charge on any atom is 0.115 e. The van der Waals surface area contributed by atoms with Crippen LogP contribution < -0.4 is 0 Å². The third-order valence-electron chi connectivity index (χ3n) is 2.69. The van der Waals surface area contributed by atoms with Crippen LogP contribution in [0.2, 0.25) is 0 Å². The molecule has 2 aromatic rings. The minimum Gasteiger partial charge on any atom is -0.508 e. The second-order valence-electron chi connectivity index (χ2n) is 3.98. The monoisotopic (exact) mass is 211 g/mol. The molecule has 1 atom stereocenters. The number of benzene rings is 2. The summed E-state index contributed by atoms with van der Waals surface area (Å²) in [5.41, 5.74) is 2.44. The van der Waals surface area contributed by atoms with Gasteiger partial charge < -0.3 is 5.11 Å². The summed E-state index contributed by atoms with van der Waals surface area (Å²) in [7, 11) is 0. The Kier molecular flexibility index (Phi) is 3.25. The van der Waals surface area contributed by atoms with Crippen molar-refractivity contribution in [2.45, 2.75) is 12.3 Å². The fourth-order valence-corrected chi connectivity index (χ4v) is 1.76. The topological polar surface area (TPSA) is 20.2 Å². The average Bonchev–Trinajstić information content (AvgIpc) is 2.31. The molecule has 1 N–H and O–H groups in total. The molecule has 0 aliphatic heterocycles. The van der Waals surface area contributed by atoms with Gasteiger partial charge >= 0.3 is 0 Å². The van der Waals surface area contributed by atoms with Crippen LogP contribution in [0.3, 0.4) is 0 Å². The Morgan fingerprint density at radius 2 is 1.56 bits per heavy atom. The van der Waals surface area contributed by atoms with Crippen molar-refractivity contribution >= 4 is 0 Å². The zero-order valence-electron chi connectivity index (χ0n) is 9.13. The van der Waals surface area contributed by atoms with Crippen molar-refractivity contribution in [1.29, 1.82) is 0 Å². The van der Waals surface area contributed by atoms with E-state index in [9.17, 15) is 5.11 Å². The molecule has 0 heterocycles. The van der Waals surface area contributed by atoms with E-state index in [4.69, 9.17) is 0 Å². The average molecular weight is 211 g/mol. The molecule has 0 amide bonds. The van der Waals surface area contributed by atoms with Crippen LogP contribution in [0, 0.1) is 6.92 Å². The maximum atomic E-state index is 9.21. The Bertz CT molecular complexity index is 431. The first-order valence-electron chi connectivity index (χ1n) is 5.41. The predicted molar refractivity (Wildman–Crippen MR) is 66.4 cm³/mol. The minimum absolute atomic E-state index is 0.225. The lowest BCUT2D eigenvalue weighted by atomic mass is 9.94. The Hall–Kier alpha value is -1.76. The molecule has 2 aromatic carbocycles. The number of rotatable bonds is 3. The highest BCUT2D eigenvalue weighted by Gasteiger charge is 2.06. The summed E-state index contributed by atoms with van der Waals surface area (Å²) in [6.07, 6.45) is 0.922. The number of hydrogen-bond donors (Lipinski definition) is 1. The fraction of sp³-hybridized carbons (Fsp3) is 0.133. The predicted octanol–water partition coefficient (Wildman–Crippen LogP) is 3.55.